The lowest BCUT2D eigenvalue weighted by molar-refractivity contribution is 0.209. The number of ether oxygens (including phenoxy) is 3. The van der Waals surface area contributed by atoms with Gasteiger partial charge < -0.3 is 29.4 Å². The first-order valence-corrected chi connectivity index (χ1v) is 12.0. The minimum absolute atomic E-state index is 0.115. The second kappa shape index (κ2) is 11.7. The summed E-state index contributed by atoms with van der Waals surface area (Å²) >= 11 is 5.98. The topological polar surface area (TPSA) is 92.9 Å². The molecule has 0 aliphatic rings. The Labute approximate surface area is 219 Å². The van der Waals surface area contributed by atoms with Crippen molar-refractivity contribution in [3.05, 3.63) is 93.2 Å². The van der Waals surface area contributed by atoms with Gasteiger partial charge in [0.25, 0.3) is 5.56 Å². The highest BCUT2D eigenvalue weighted by Gasteiger charge is 2.17. The minimum Gasteiger partial charge on any atom is -0.497 e. The summed E-state index contributed by atoms with van der Waals surface area (Å²) in [6.07, 6.45) is 0.539. The van der Waals surface area contributed by atoms with E-state index in [0.717, 1.165) is 10.9 Å². The van der Waals surface area contributed by atoms with E-state index in [0.29, 0.717) is 52.0 Å². The van der Waals surface area contributed by atoms with E-state index < -0.39 is 0 Å². The number of pyridine rings is 1. The Morgan fingerprint density at radius 3 is 2.38 bits per heavy atom. The fraction of sp³-hybridized carbons (Fsp3) is 0.214. The van der Waals surface area contributed by atoms with Gasteiger partial charge in [0.1, 0.15) is 5.75 Å². The number of carbonyl (C=O) groups is 1. The van der Waals surface area contributed by atoms with Gasteiger partial charge in [-0.25, -0.2) is 4.79 Å². The monoisotopic (exact) mass is 521 g/mol. The number of halogens is 1. The summed E-state index contributed by atoms with van der Waals surface area (Å²) in [5, 5.41) is 4.31. The first-order valence-electron chi connectivity index (χ1n) is 11.6. The van der Waals surface area contributed by atoms with Crippen molar-refractivity contribution in [2.75, 3.05) is 33.2 Å². The normalized spacial score (nSPS) is 10.7. The van der Waals surface area contributed by atoms with Crippen LogP contribution in [0.25, 0.3) is 10.9 Å². The summed E-state index contributed by atoms with van der Waals surface area (Å²) in [4.78, 5) is 30.7. The predicted molar refractivity (Wildman–Crippen MR) is 145 cm³/mol. The van der Waals surface area contributed by atoms with Gasteiger partial charge in [0.05, 0.1) is 33.4 Å². The third-order valence-electron chi connectivity index (χ3n) is 5.99. The molecule has 0 saturated carbocycles. The molecule has 4 rings (SSSR count). The highest BCUT2D eigenvalue weighted by Crippen LogP contribution is 2.28. The first-order chi connectivity index (χ1) is 17.9. The molecule has 0 aliphatic heterocycles. The number of hydrogen-bond donors (Lipinski definition) is 2. The molecule has 0 spiro atoms. The summed E-state index contributed by atoms with van der Waals surface area (Å²) in [7, 11) is 4.73. The molecule has 1 aromatic heterocycles. The van der Waals surface area contributed by atoms with Gasteiger partial charge in [-0.05, 0) is 72.0 Å². The second-order valence-corrected chi connectivity index (χ2v) is 8.81. The van der Waals surface area contributed by atoms with Crippen molar-refractivity contribution in [2.24, 2.45) is 0 Å². The smallest absolute Gasteiger partial charge is 0.322 e. The van der Waals surface area contributed by atoms with E-state index in [9.17, 15) is 9.59 Å². The third-order valence-corrected chi connectivity index (χ3v) is 6.24. The fourth-order valence-electron chi connectivity index (χ4n) is 3.96. The van der Waals surface area contributed by atoms with Crippen LogP contribution in [0.4, 0.5) is 10.5 Å². The van der Waals surface area contributed by atoms with Gasteiger partial charge in [-0.2, -0.15) is 0 Å². The van der Waals surface area contributed by atoms with Gasteiger partial charge >= 0.3 is 6.03 Å². The van der Waals surface area contributed by atoms with Gasteiger partial charge in [0.2, 0.25) is 0 Å². The van der Waals surface area contributed by atoms with Crippen LogP contribution < -0.4 is 25.1 Å². The van der Waals surface area contributed by atoms with Crippen molar-refractivity contribution in [2.45, 2.75) is 13.0 Å². The molecule has 2 amide bonds. The molecular formula is C28H28ClN3O5. The number of carbonyl (C=O) groups excluding carboxylic acids is 1. The number of benzene rings is 3. The van der Waals surface area contributed by atoms with Gasteiger partial charge in [-0.1, -0.05) is 17.7 Å². The van der Waals surface area contributed by atoms with Crippen LogP contribution in [0, 0.1) is 0 Å². The Bertz CT molecular complexity index is 1450. The zero-order valence-corrected chi connectivity index (χ0v) is 21.6. The van der Waals surface area contributed by atoms with Gasteiger partial charge in [-0.15, -0.1) is 0 Å². The number of rotatable bonds is 9. The zero-order valence-electron chi connectivity index (χ0n) is 20.8. The number of hydrogen-bond acceptors (Lipinski definition) is 5. The van der Waals surface area contributed by atoms with Gasteiger partial charge in [0, 0.05) is 28.9 Å². The lowest BCUT2D eigenvalue weighted by Gasteiger charge is -2.23. The maximum absolute atomic E-state index is 13.3. The van der Waals surface area contributed by atoms with Crippen LogP contribution in [-0.2, 0) is 13.0 Å². The van der Waals surface area contributed by atoms with E-state index in [-0.39, 0.29) is 18.1 Å². The van der Waals surface area contributed by atoms with Crippen LogP contribution in [0.15, 0.2) is 71.5 Å². The Balaban J connectivity index is 1.60. The fourth-order valence-corrected chi connectivity index (χ4v) is 4.09. The Morgan fingerprint density at radius 2 is 1.68 bits per heavy atom. The van der Waals surface area contributed by atoms with Gasteiger partial charge in [0.15, 0.2) is 11.5 Å². The zero-order chi connectivity index (χ0) is 26.4. The maximum Gasteiger partial charge on any atom is 0.322 e. The number of H-pyrrole nitrogens is 1. The van der Waals surface area contributed by atoms with E-state index in [2.05, 4.69) is 10.3 Å². The third kappa shape index (κ3) is 6.34. The standard InChI is InChI=1S/C28H28ClN3O5/c1-35-23-10-5-19-15-20(27(33)31-24(19)16-23)17-32(28(34)30-22-8-6-21(29)7-9-22)13-12-18-4-11-25(36-2)26(14-18)37-3/h4-11,14-16H,12-13,17H2,1-3H3,(H,30,34)(H,31,33). The summed E-state index contributed by atoms with van der Waals surface area (Å²) in [5.41, 5.74) is 2.43. The molecule has 0 unspecified atom stereocenters. The highest BCUT2D eigenvalue weighted by atomic mass is 35.5. The highest BCUT2D eigenvalue weighted by molar-refractivity contribution is 6.30. The molecule has 9 heteroatoms. The average Bonchev–Trinajstić information content (AvgIpc) is 2.91. The van der Waals surface area contributed by atoms with E-state index in [1.54, 1.807) is 62.6 Å². The molecule has 0 bridgehead atoms. The van der Waals surface area contributed by atoms with Crippen molar-refractivity contribution in [1.82, 2.24) is 9.88 Å². The van der Waals surface area contributed by atoms with E-state index in [1.807, 2.05) is 30.3 Å². The second-order valence-electron chi connectivity index (χ2n) is 8.37. The maximum atomic E-state index is 13.3. The lowest BCUT2D eigenvalue weighted by atomic mass is 10.1. The minimum atomic E-state index is -0.336. The van der Waals surface area contributed by atoms with E-state index >= 15 is 0 Å². The summed E-state index contributed by atoms with van der Waals surface area (Å²) in [5.74, 6) is 1.89. The molecule has 0 atom stereocenters. The molecule has 0 saturated heterocycles. The van der Waals surface area contributed by atoms with Crippen molar-refractivity contribution in [3.63, 3.8) is 0 Å². The summed E-state index contributed by atoms with van der Waals surface area (Å²) < 4.78 is 16.0. The molecule has 0 fully saturated rings. The molecule has 0 aliphatic carbocycles. The average molecular weight is 522 g/mol. The Kier molecular flexibility index (Phi) is 8.20. The van der Waals surface area contributed by atoms with Gasteiger partial charge in [-0.3, -0.25) is 4.79 Å². The number of methoxy groups -OCH3 is 3. The quantitative estimate of drug-likeness (QED) is 0.304. The largest absolute Gasteiger partial charge is 0.497 e. The van der Waals surface area contributed by atoms with Crippen LogP contribution in [0.2, 0.25) is 5.02 Å². The molecule has 1 heterocycles. The predicted octanol–water partition coefficient (Wildman–Crippen LogP) is 5.48. The first kappa shape index (κ1) is 25.9. The van der Waals surface area contributed by atoms with Crippen LogP contribution in [-0.4, -0.2) is 43.8 Å². The van der Waals surface area contributed by atoms with Crippen LogP contribution >= 0.6 is 11.6 Å². The number of nitrogens with zero attached hydrogens (tertiary/aromatic N) is 1. The molecule has 37 heavy (non-hydrogen) atoms. The van der Waals surface area contributed by atoms with Crippen molar-refractivity contribution in [3.8, 4) is 17.2 Å². The Morgan fingerprint density at radius 1 is 0.919 bits per heavy atom. The van der Waals surface area contributed by atoms with Crippen molar-refractivity contribution >= 4 is 34.2 Å². The number of aromatic nitrogens is 1. The molecule has 8 nitrogen and oxygen atoms in total. The molecule has 3 aromatic carbocycles. The van der Waals surface area contributed by atoms with Crippen LogP contribution in [0.3, 0.4) is 0 Å². The number of urea groups is 1. The van der Waals surface area contributed by atoms with E-state index in [1.165, 1.54) is 0 Å². The van der Waals surface area contributed by atoms with Crippen molar-refractivity contribution in [1.29, 1.82) is 0 Å². The van der Waals surface area contributed by atoms with Crippen LogP contribution in [0.1, 0.15) is 11.1 Å². The SMILES string of the molecule is COc1ccc2cc(CN(CCc3ccc(OC)c(OC)c3)C(=O)Nc3ccc(Cl)cc3)c(=O)[nH]c2c1. The van der Waals surface area contributed by atoms with E-state index in [4.69, 9.17) is 25.8 Å². The lowest BCUT2D eigenvalue weighted by Crippen LogP contribution is -2.37. The number of aromatic amines is 1. The number of anilines is 1. The Hall–Kier alpha value is -4.17. The summed E-state index contributed by atoms with van der Waals surface area (Å²) in [6.45, 7) is 0.471. The summed E-state index contributed by atoms with van der Waals surface area (Å²) in [6, 6.07) is 19.4. The molecular weight excluding hydrogens is 494 g/mol. The number of amides is 2. The molecule has 192 valence electrons. The molecule has 4 aromatic rings. The van der Waals surface area contributed by atoms with Crippen LogP contribution in [0.5, 0.6) is 17.2 Å². The number of fused-ring (bicyclic) bond motifs is 1. The van der Waals surface area contributed by atoms with Crippen molar-refractivity contribution < 1.29 is 19.0 Å². The number of nitrogens with one attached hydrogen (secondary N) is 2. The molecule has 0 radical (unpaired) electrons. The molecule has 2 N–H and O–H groups in total.